The van der Waals surface area contributed by atoms with Gasteiger partial charge >= 0.3 is 0 Å². The van der Waals surface area contributed by atoms with E-state index in [-0.39, 0.29) is 17.4 Å². The molecule has 1 amide bonds. The van der Waals surface area contributed by atoms with E-state index >= 15 is 0 Å². The zero-order valence-electron chi connectivity index (χ0n) is 12.5. The molecular formula is C15H15F2N3O3. The number of amides is 1. The Balaban J connectivity index is 1.65. The monoisotopic (exact) mass is 323 g/mol. The summed E-state index contributed by atoms with van der Waals surface area (Å²) in [5, 5.41) is 3.86. The zero-order valence-corrected chi connectivity index (χ0v) is 12.5. The van der Waals surface area contributed by atoms with Crippen LogP contribution >= 0.6 is 0 Å². The van der Waals surface area contributed by atoms with Gasteiger partial charge in [-0.15, -0.1) is 0 Å². The second kappa shape index (κ2) is 4.87. The summed E-state index contributed by atoms with van der Waals surface area (Å²) in [4.78, 5) is 17.9. The van der Waals surface area contributed by atoms with Crippen LogP contribution in [-0.4, -0.2) is 33.4 Å². The number of carbonyl (C=O) groups excluding carboxylic acids is 1. The Morgan fingerprint density at radius 2 is 2.22 bits per heavy atom. The maximum absolute atomic E-state index is 13.9. The van der Waals surface area contributed by atoms with Crippen molar-refractivity contribution in [3.8, 4) is 0 Å². The van der Waals surface area contributed by atoms with Gasteiger partial charge in [-0.1, -0.05) is 5.16 Å². The molecule has 1 saturated carbocycles. The second-order valence-corrected chi connectivity index (χ2v) is 6.16. The van der Waals surface area contributed by atoms with Crippen LogP contribution in [0.3, 0.4) is 0 Å². The van der Waals surface area contributed by atoms with Gasteiger partial charge in [0.2, 0.25) is 5.89 Å². The summed E-state index contributed by atoms with van der Waals surface area (Å²) < 4.78 is 38.1. The number of aromatic nitrogens is 2. The second-order valence-electron chi connectivity index (χ2n) is 6.16. The molecule has 0 radical (unpaired) electrons. The number of likely N-dealkylation sites (tertiary alicyclic amines) is 1. The van der Waals surface area contributed by atoms with Gasteiger partial charge < -0.3 is 13.8 Å². The lowest BCUT2D eigenvalue weighted by Crippen LogP contribution is -2.33. The van der Waals surface area contributed by atoms with E-state index in [1.54, 1.807) is 6.92 Å². The van der Waals surface area contributed by atoms with Crippen molar-refractivity contribution in [2.45, 2.75) is 44.1 Å². The van der Waals surface area contributed by atoms with Crippen LogP contribution in [0.15, 0.2) is 21.3 Å². The lowest BCUT2D eigenvalue weighted by atomic mass is 10.1. The molecule has 6 nitrogen and oxygen atoms in total. The van der Waals surface area contributed by atoms with Crippen molar-refractivity contribution in [2.75, 3.05) is 6.54 Å². The molecule has 2 fully saturated rings. The fourth-order valence-electron chi connectivity index (χ4n) is 2.90. The number of nitrogens with zero attached hydrogens (tertiary/aromatic N) is 3. The maximum Gasteiger partial charge on any atom is 0.267 e. The first-order valence-electron chi connectivity index (χ1n) is 7.51. The topological polar surface area (TPSA) is 72.4 Å². The highest BCUT2D eigenvalue weighted by molar-refractivity contribution is 5.95. The molecule has 1 aliphatic heterocycles. The van der Waals surface area contributed by atoms with Gasteiger partial charge in [-0.2, -0.15) is 4.98 Å². The van der Waals surface area contributed by atoms with Crippen LogP contribution in [0.1, 0.15) is 59.1 Å². The predicted molar refractivity (Wildman–Crippen MR) is 73.1 cm³/mol. The van der Waals surface area contributed by atoms with Crippen LogP contribution in [0.5, 0.6) is 0 Å². The lowest BCUT2D eigenvalue weighted by Gasteiger charge is -2.20. The number of halogens is 2. The van der Waals surface area contributed by atoms with Gasteiger partial charge in [0.05, 0.1) is 18.4 Å². The third-order valence-electron chi connectivity index (χ3n) is 4.30. The summed E-state index contributed by atoms with van der Waals surface area (Å²) in [5.74, 6) is -2.21. The highest BCUT2D eigenvalue weighted by atomic mass is 19.3. The highest BCUT2D eigenvalue weighted by Gasteiger charge is 2.50. The lowest BCUT2D eigenvalue weighted by molar-refractivity contribution is 0.0116. The Hall–Kier alpha value is -2.25. The number of carbonyl (C=O) groups is 1. The number of furan rings is 1. The number of rotatable bonds is 3. The minimum absolute atomic E-state index is 0.0820. The molecule has 1 saturated heterocycles. The highest BCUT2D eigenvalue weighted by Crippen LogP contribution is 2.43. The van der Waals surface area contributed by atoms with Crippen LogP contribution < -0.4 is 0 Å². The molecule has 0 bridgehead atoms. The van der Waals surface area contributed by atoms with Crippen LogP contribution in [0.4, 0.5) is 8.78 Å². The van der Waals surface area contributed by atoms with E-state index in [0.717, 1.165) is 17.7 Å². The van der Waals surface area contributed by atoms with E-state index in [1.807, 2.05) is 0 Å². The molecule has 8 heteroatoms. The van der Waals surface area contributed by atoms with Crippen molar-refractivity contribution in [1.82, 2.24) is 15.0 Å². The van der Waals surface area contributed by atoms with E-state index in [2.05, 4.69) is 10.1 Å². The Kier molecular flexibility index (Phi) is 3.04. The molecule has 0 N–H and O–H groups in total. The van der Waals surface area contributed by atoms with Crippen LogP contribution in [0, 0.1) is 6.92 Å². The van der Waals surface area contributed by atoms with Crippen molar-refractivity contribution in [3.05, 3.63) is 35.4 Å². The van der Waals surface area contributed by atoms with E-state index in [1.165, 1.54) is 12.3 Å². The zero-order chi connectivity index (χ0) is 16.2. The number of alkyl halides is 2. The average molecular weight is 323 g/mol. The summed E-state index contributed by atoms with van der Waals surface area (Å²) in [6.45, 7) is 0.955. The summed E-state index contributed by atoms with van der Waals surface area (Å²) >= 11 is 0. The van der Waals surface area contributed by atoms with Crippen molar-refractivity contribution in [2.24, 2.45) is 0 Å². The molecule has 1 aliphatic carbocycles. The van der Waals surface area contributed by atoms with Gasteiger partial charge in [0.25, 0.3) is 11.8 Å². The van der Waals surface area contributed by atoms with E-state index in [9.17, 15) is 13.6 Å². The minimum Gasteiger partial charge on any atom is -0.469 e. The standard InChI is InChI=1S/C15H15F2N3O3/c1-8-10(4-5-22-8)14(21)20-7-15(16,17)6-11(20)13-18-12(19-23-13)9-2-3-9/h4-5,9,11H,2-3,6-7H2,1H3/t11-/m0/s1. The predicted octanol–water partition coefficient (Wildman–Crippen LogP) is 3.07. The Bertz CT molecular complexity index is 751. The van der Waals surface area contributed by atoms with Gasteiger partial charge in [0.1, 0.15) is 11.8 Å². The third kappa shape index (κ3) is 2.51. The fourth-order valence-corrected chi connectivity index (χ4v) is 2.90. The first-order valence-corrected chi connectivity index (χ1v) is 7.51. The SMILES string of the molecule is Cc1occc1C(=O)N1CC(F)(F)C[C@H]1c1nc(C2CC2)no1. The molecular weight excluding hydrogens is 308 g/mol. The Labute approximate surface area is 130 Å². The van der Waals surface area contributed by atoms with E-state index < -0.39 is 30.8 Å². The van der Waals surface area contributed by atoms with Crippen molar-refractivity contribution >= 4 is 5.91 Å². The normalized spacial score (nSPS) is 23.4. The van der Waals surface area contributed by atoms with Crippen LogP contribution in [0.2, 0.25) is 0 Å². The van der Waals surface area contributed by atoms with Gasteiger partial charge in [-0.05, 0) is 25.8 Å². The van der Waals surface area contributed by atoms with Crippen LogP contribution in [0.25, 0.3) is 0 Å². The largest absolute Gasteiger partial charge is 0.469 e. The maximum atomic E-state index is 13.9. The summed E-state index contributed by atoms with van der Waals surface area (Å²) in [6.07, 6.45) is 2.82. The third-order valence-corrected chi connectivity index (χ3v) is 4.30. The number of hydrogen-bond donors (Lipinski definition) is 0. The average Bonchev–Trinajstić information content (AvgIpc) is 2.94. The smallest absolute Gasteiger partial charge is 0.267 e. The van der Waals surface area contributed by atoms with E-state index in [4.69, 9.17) is 8.94 Å². The van der Waals surface area contributed by atoms with Gasteiger partial charge in [-0.3, -0.25) is 4.79 Å². The Morgan fingerprint density at radius 1 is 1.43 bits per heavy atom. The molecule has 2 aromatic heterocycles. The van der Waals surface area contributed by atoms with Crippen molar-refractivity contribution < 1.29 is 22.5 Å². The minimum atomic E-state index is -2.98. The van der Waals surface area contributed by atoms with Crippen molar-refractivity contribution in [1.29, 1.82) is 0 Å². The first kappa shape index (κ1) is 14.3. The molecule has 3 heterocycles. The Morgan fingerprint density at radius 3 is 2.87 bits per heavy atom. The molecule has 122 valence electrons. The van der Waals surface area contributed by atoms with E-state index in [0.29, 0.717) is 11.6 Å². The number of aryl methyl sites for hydroxylation is 1. The van der Waals surface area contributed by atoms with Gasteiger partial charge in [0, 0.05) is 12.3 Å². The molecule has 2 aliphatic rings. The summed E-state index contributed by atoms with van der Waals surface area (Å²) in [6, 6.07) is 0.570. The molecule has 0 spiro atoms. The first-order chi connectivity index (χ1) is 10.9. The molecule has 0 unspecified atom stereocenters. The fraction of sp³-hybridized carbons (Fsp3) is 0.533. The molecule has 4 rings (SSSR count). The quantitative estimate of drug-likeness (QED) is 0.868. The molecule has 23 heavy (non-hydrogen) atoms. The van der Waals surface area contributed by atoms with Gasteiger partial charge in [0.15, 0.2) is 5.82 Å². The molecule has 0 aromatic carbocycles. The van der Waals surface area contributed by atoms with Gasteiger partial charge in [-0.25, -0.2) is 8.78 Å². The summed E-state index contributed by atoms with van der Waals surface area (Å²) in [7, 11) is 0. The summed E-state index contributed by atoms with van der Waals surface area (Å²) in [5.41, 5.74) is 0.273. The van der Waals surface area contributed by atoms with Crippen molar-refractivity contribution in [3.63, 3.8) is 0 Å². The molecule has 1 atom stereocenters. The molecule has 2 aromatic rings. The van der Waals surface area contributed by atoms with Crippen LogP contribution in [-0.2, 0) is 0 Å². The number of hydrogen-bond acceptors (Lipinski definition) is 5.